The van der Waals surface area contributed by atoms with Crippen molar-refractivity contribution < 1.29 is 16.8 Å². The molecule has 0 bridgehead atoms. The molecule has 2 aliphatic carbocycles. The Labute approximate surface area is 292 Å². The van der Waals surface area contributed by atoms with Gasteiger partial charge in [-0.3, -0.25) is 0 Å². The molecule has 6 rings (SSSR count). The van der Waals surface area contributed by atoms with Gasteiger partial charge in [0.25, 0.3) is 0 Å². The molecule has 2 saturated carbocycles. The molecule has 0 aliphatic heterocycles. The zero-order chi connectivity index (χ0) is 25.8. The maximum absolute atomic E-state index is 2.38. The molecule has 0 N–H and O–H groups in total. The summed E-state index contributed by atoms with van der Waals surface area (Å²) in [5.41, 5.74) is 5.06. The summed E-state index contributed by atoms with van der Waals surface area (Å²) in [6, 6.07) is 35.6. The van der Waals surface area contributed by atoms with Crippen LogP contribution in [0.5, 0.6) is 0 Å². The van der Waals surface area contributed by atoms with Crippen LogP contribution in [0.3, 0.4) is 0 Å². The van der Waals surface area contributed by atoms with E-state index in [1.807, 2.05) is 32.1 Å². The minimum atomic E-state index is 0. The van der Waals surface area contributed by atoms with E-state index in [0.717, 1.165) is 0 Å². The molecule has 38 heavy (non-hydrogen) atoms. The summed E-state index contributed by atoms with van der Waals surface area (Å²) in [4.78, 5) is 0. The van der Waals surface area contributed by atoms with E-state index in [1.165, 1.54) is 60.2 Å². The fourth-order valence-corrected chi connectivity index (χ4v) is 5.82. The van der Waals surface area contributed by atoms with Gasteiger partial charge in [-0.15, -0.1) is 0 Å². The van der Waals surface area contributed by atoms with Gasteiger partial charge in [-0.1, -0.05) is 48.5 Å². The van der Waals surface area contributed by atoms with Gasteiger partial charge in [-0.2, -0.15) is 0 Å². The van der Waals surface area contributed by atoms with Crippen molar-refractivity contribution in [3.63, 3.8) is 0 Å². The second kappa shape index (κ2) is 15.0. The first-order valence-corrected chi connectivity index (χ1v) is 16.0. The maximum Gasteiger partial charge on any atom is 0.0299 e. The van der Waals surface area contributed by atoms with Gasteiger partial charge in [0.2, 0.25) is 0 Å². The van der Waals surface area contributed by atoms with Gasteiger partial charge in [-0.25, -0.2) is 0 Å². The minimum Gasteiger partial charge on any atom is -0.0573 e. The zero-order valence-electron chi connectivity index (χ0n) is 20.0. The Bertz CT molecular complexity index is 1070. The summed E-state index contributed by atoms with van der Waals surface area (Å²) in [7, 11) is 0. The van der Waals surface area contributed by atoms with E-state index < -0.39 is 0 Å². The van der Waals surface area contributed by atoms with E-state index >= 15 is 0 Å². The largest absolute Gasteiger partial charge is 0.0573 e. The molecule has 2 aliphatic rings. The Morgan fingerprint density at radius 3 is 0.579 bits per heavy atom. The van der Waals surface area contributed by atoms with Crippen molar-refractivity contribution in [3.8, 4) is 0 Å². The third kappa shape index (κ3) is 7.57. The molecule has 2 fully saturated rings. The van der Waals surface area contributed by atoms with E-state index in [1.54, 1.807) is 0 Å². The van der Waals surface area contributed by atoms with Crippen LogP contribution >= 0.6 is 90.4 Å². The van der Waals surface area contributed by atoms with Gasteiger partial charge in [0, 0.05) is 54.7 Å². The van der Waals surface area contributed by atoms with Gasteiger partial charge in [0.05, 0.1) is 0 Å². The van der Waals surface area contributed by atoms with Crippen molar-refractivity contribution in [3.05, 3.63) is 189 Å². The van der Waals surface area contributed by atoms with Crippen LogP contribution in [-0.2, 0) is 16.8 Å². The molecule has 190 valence electrons. The molecule has 4 aromatic carbocycles. The standard InChI is InChI=1S/C28H16I4.C5H5.Co/c29-21-9-1-17(2-10-21)25-26(18-3-11-22(30)12-4-18)28(20-7-15-24(32)16-8-20)27(25)19-5-13-23(31)14-6-19;1-2-4-5-3-1;/h1-16H;1-5H;. The van der Waals surface area contributed by atoms with Crippen LogP contribution in [0.1, 0.15) is 22.3 Å². The van der Waals surface area contributed by atoms with Gasteiger partial charge in [-0.05, 0) is 193 Å². The summed E-state index contributed by atoms with van der Waals surface area (Å²) >= 11 is 9.51. The molecular formula is C33H21CoI4. The fourth-order valence-electron chi connectivity index (χ4n) is 4.38. The van der Waals surface area contributed by atoms with Gasteiger partial charge >= 0.3 is 0 Å². The van der Waals surface area contributed by atoms with Crippen molar-refractivity contribution in [2.45, 2.75) is 0 Å². The number of rotatable bonds is 4. The van der Waals surface area contributed by atoms with Crippen LogP contribution < -0.4 is 0 Å². The quantitative estimate of drug-likeness (QED) is 0.179. The van der Waals surface area contributed by atoms with Crippen molar-refractivity contribution in [1.82, 2.24) is 0 Å². The van der Waals surface area contributed by atoms with Gasteiger partial charge in [0.15, 0.2) is 0 Å². The smallest absolute Gasteiger partial charge is 0.0299 e. The zero-order valence-corrected chi connectivity index (χ0v) is 29.6. The van der Waals surface area contributed by atoms with Crippen LogP contribution in [0.2, 0.25) is 0 Å². The van der Waals surface area contributed by atoms with Crippen LogP contribution in [0, 0.1) is 70.1 Å². The first-order chi connectivity index (χ1) is 18.0. The number of benzene rings is 4. The van der Waals surface area contributed by atoms with Gasteiger partial charge < -0.3 is 0 Å². The van der Waals surface area contributed by atoms with Crippen molar-refractivity contribution >= 4 is 90.4 Å². The normalized spacial score (nSPS) is 16.3. The molecule has 4 aromatic rings. The average molecular weight is 984 g/mol. The van der Waals surface area contributed by atoms with E-state index in [2.05, 4.69) is 187 Å². The second-order valence-electron chi connectivity index (χ2n) is 8.49. The summed E-state index contributed by atoms with van der Waals surface area (Å²) in [5.74, 6) is 5.32. The van der Waals surface area contributed by atoms with Crippen LogP contribution in [0.15, 0.2) is 97.1 Å². The molecule has 0 nitrogen and oxygen atoms in total. The van der Waals surface area contributed by atoms with E-state index in [0.29, 0.717) is 0 Å². The number of hydrogen-bond donors (Lipinski definition) is 0. The monoisotopic (exact) mass is 984 g/mol. The average Bonchev–Trinajstić information content (AvgIpc) is 3.49. The molecule has 10 radical (unpaired) electrons. The maximum atomic E-state index is 2.38. The van der Waals surface area contributed by atoms with Crippen LogP contribution in [0.4, 0.5) is 0 Å². The third-order valence-corrected chi connectivity index (χ3v) is 8.96. The summed E-state index contributed by atoms with van der Waals surface area (Å²) < 4.78 is 5.00. The van der Waals surface area contributed by atoms with Crippen molar-refractivity contribution in [1.29, 1.82) is 0 Å². The molecular weight excluding hydrogens is 963 g/mol. The SMILES string of the molecule is Ic1ccc([C]2[C](c3ccc(I)cc3)[C](c3ccc(I)cc3)[C]2c2ccc(I)cc2)cc1.[CH]1[CH][CH][CH][CH]1.[Co]. The molecule has 0 atom stereocenters. The van der Waals surface area contributed by atoms with Crippen LogP contribution in [0.25, 0.3) is 0 Å². The topological polar surface area (TPSA) is 0 Å². The van der Waals surface area contributed by atoms with Crippen LogP contribution in [-0.4, -0.2) is 0 Å². The molecule has 0 aromatic heterocycles. The summed E-state index contributed by atoms with van der Waals surface area (Å²) in [6.45, 7) is 0. The molecule has 0 spiro atoms. The fraction of sp³-hybridized carbons (Fsp3) is 0. The van der Waals surface area contributed by atoms with Crippen molar-refractivity contribution in [2.75, 3.05) is 0 Å². The Hall–Kier alpha value is 0.306. The van der Waals surface area contributed by atoms with E-state index in [-0.39, 0.29) is 16.8 Å². The molecule has 0 saturated heterocycles. The van der Waals surface area contributed by atoms with E-state index in [4.69, 9.17) is 0 Å². The Morgan fingerprint density at radius 2 is 0.421 bits per heavy atom. The Balaban J connectivity index is 0.000000504. The Kier molecular flexibility index (Phi) is 12.3. The molecule has 5 heteroatoms. The molecule has 0 heterocycles. The first-order valence-electron chi connectivity index (χ1n) is 11.7. The van der Waals surface area contributed by atoms with Crippen molar-refractivity contribution in [2.24, 2.45) is 0 Å². The predicted octanol–water partition coefficient (Wildman–Crippen LogP) is 9.93. The summed E-state index contributed by atoms with van der Waals surface area (Å²) in [6.07, 6.45) is 10.0. The third-order valence-electron chi connectivity index (χ3n) is 6.09. The predicted molar refractivity (Wildman–Crippen MR) is 188 cm³/mol. The van der Waals surface area contributed by atoms with E-state index in [9.17, 15) is 0 Å². The number of hydrogen-bond acceptors (Lipinski definition) is 0. The minimum absolute atomic E-state index is 0. The first kappa shape index (κ1) is 31.2. The number of halogens is 4. The molecule has 0 unspecified atom stereocenters. The second-order valence-corrected chi connectivity index (χ2v) is 13.5. The molecule has 0 amide bonds. The Morgan fingerprint density at radius 1 is 0.263 bits per heavy atom. The summed E-state index contributed by atoms with van der Waals surface area (Å²) in [5, 5.41) is 0. The van der Waals surface area contributed by atoms with Gasteiger partial charge in [0.1, 0.15) is 0 Å².